The second kappa shape index (κ2) is 4.86. The molecule has 2 rings (SSSR count). The van der Waals surface area contributed by atoms with Gasteiger partial charge in [0.15, 0.2) is 11.5 Å². The Morgan fingerprint density at radius 1 is 1.61 bits per heavy atom. The Balaban J connectivity index is 2.01. The molecule has 0 bridgehead atoms. The summed E-state index contributed by atoms with van der Waals surface area (Å²) in [6.45, 7) is 2.18. The highest BCUT2D eigenvalue weighted by Gasteiger charge is 2.16. The van der Waals surface area contributed by atoms with E-state index in [0.717, 1.165) is 5.69 Å². The number of nitrogen functional groups attached to an aromatic ring is 1. The van der Waals surface area contributed by atoms with Crippen molar-refractivity contribution in [2.45, 2.75) is 19.9 Å². The average Bonchev–Trinajstić information content (AvgIpc) is 2.92. The van der Waals surface area contributed by atoms with E-state index in [1.165, 1.54) is 0 Å². The number of nitrogens with one attached hydrogen (secondary N) is 2. The molecule has 2 aromatic rings. The van der Waals surface area contributed by atoms with Crippen molar-refractivity contribution in [1.29, 1.82) is 0 Å². The van der Waals surface area contributed by atoms with Gasteiger partial charge in [-0.1, -0.05) is 6.92 Å². The Morgan fingerprint density at radius 3 is 2.94 bits per heavy atom. The van der Waals surface area contributed by atoms with Crippen molar-refractivity contribution in [2.75, 3.05) is 5.73 Å². The molecule has 0 spiro atoms. The third kappa shape index (κ3) is 2.31. The normalized spacial score (nSPS) is 10.6. The number of nitrogens with zero attached hydrogens (tertiary/aromatic N) is 4. The van der Waals surface area contributed by atoms with E-state index in [4.69, 9.17) is 5.73 Å². The van der Waals surface area contributed by atoms with Gasteiger partial charge < -0.3 is 11.1 Å². The van der Waals surface area contributed by atoms with Crippen molar-refractivity contribution in [1.82, 2.24) is 30.3 Å². The molecule has 0 saturated carbocycles. The summed E-state index contributed by atoms with van der Waals surface area (Å²) >= 11 is 0. The first-order chi connectivity index (χ1) is 8.61. The van der Waals surface area contributed by atoms with E-state index in [1.807, 2.05) is 6.92 Å². The van der Waals surface area contributed by atoms with Crippen molar-refractivity contribution in [3.8, 4) is 0 Å². The van der Waals surface area contributed by atoms with E-state index in [1.54, 1.807) is 18.1 Å². The number of aromatic nitrogens is 5. The Bertz CT molecular complexity index is 556. The van der Waals surface area contributed by atoms with Gasteiger partial charge in [0.1, 0.15) is 6.33 Å². The predicted molar refractivity (Wildman–Crippen MR) is 64.6 cm³/mol. The van der Waals surface area contributed by atoms with Crippen LogP contribution in [0.2, 0.25) is 0 Å². The molecule has 0 aliphatic rings. The molecule has 96 valence electrons. The van der Waals surface area contributed by atoms with Gasteiger partial charge in [0.25, 0.3) is 5.91 Å². The summed E-state index contributed by atoms with van der Waals surface area (Å²) in [5.74, 6) is 0.201. The van der Waals surface area contributed by atoms with Crippen molar-refractivity contribution in [2.24, 2.45) is 7.05 Å². The Hall–Kier alpha value is -2.38. The predicted octanol–water partition coefficient (Wildman–Crippen LogP) is -0.387. The number of hydrogen-bond donors (Lipinski definition) is 3. The summed E-state index contributed by atoms with van der Waals surface area (Å²) in [7, 11) is 1.76. The molecule has 8 heteroatoms. The van der Waals surface area contributed by atoms with Crippen molar-refractivity contribution >= 4 is 11.6 Å². The van der Waals surface area contributed by atoms with E-state index in [0.29, 0.717) is 17.9 Å². The Kier molecular flexibility index (Phi) is 3.26. The average molecular weight is 249 g/mol. The quantitative estimate of drug-likeness (QED) is 0.683. The van der Waals surface area contributed by atoms with E-state index in [-0.39, 0.29) is 18.1 Å². The number of carbonyl (C=O) groups excluding carboxylic acids is 1. The number of aromatic amines is 1. The molecule has 0 aliphatic heterocycles. The first-order valence-electron chi connectivity index (χ1n) is 5.57. The molecule has 0 aromatic carbocycles. The molecule has 0 radical (unpaired) electrons. The lowest BCUT2D eigenvalue weighted by atomic mass is 10.2. The molecular weight excluding hydrogens is 234 g/mol. The molecular formula is C10H15N7O. The van der Waals surface area contributed by atoms with Gasteiger partial charge in [-0.3, -0.25) is 14.6 Å². The van der Waals surface area contributed by atoms with Crippen LogP contribution >= 0.6 is 0 Å². The van der Waals surface area contributed by atoms with Crippen LogP contribution in [0, 0.1) is 0 Å². The summed E-state index contributed by atoms with van der Waals surface area (Å²) in [6.07, 6.45) is 2.27. The Morgan fingerprint density at radius 2 is 2.39 bits per heavy atom. The number of aryl methyl sites for hydroxylation is 2. The molecule has 0 unspecified atom stereocenters. The van der Waals surface area contributed by atoms with Gasteiger partial charge in [-0.15, -0.1) is 0 Å². The number of carbonyl (C=O) groups is 1. The lowest BCUT2D eigenvalue weighted by Crippen LogP contribution is -2.24. The van der Waals surface area contributed by atoms with E-state index >= 15 is 0 Å². The van der Waals surface area contributed by atoms with Crippen LogP contribution in [-0.2, 0) is 20.0 Å². The van der Waals surface area contributed by atoms with E-state index in [9.17, 15) is 4.79 Å². The SMILES string of the molecule is CCc1[nH]nc(C(=O)NCc2ncn(C)n2)c1N. The molecule has 1 amide bonds. The summed E-state index contributed by atoms with van der Waals surface area (Å²) in [4.78, 5) is 15.8. The number of rotatable bonds is 4. The van der Waals surface area contributed by atoms with Crippen molar-refractivity contribution in [3.05, 3.63) is 23.5 Å². The zero-order chi connectivity index (χ0) is 13.1. The second-order valence-electron chi connectivity index (χ2n) is 3.84. The molecule has 4 N–H and O–H groups in total. The highest BCUT2D eigenvalue weighted by Crippen LogP contribution is 2.13. The molecule has 18 heavy (non-hydrogen) atoms. The zero-order valence-electron chi connectivity index (χ0n) is 10.3. The van der Waals surface area contributed by atoms with Gasteiger partial charge >= 0.3 is 0 Å². The summed E-state index contributed by atoms with van der Waals surface area (Å²) in [6, 6.07) is 0. The molecule has 8 nitrogen and oxygen atoms in total. The van der Waals surface area contributed by atoms with Gasteiger partial charge in [-0.25, -0.2) is 4.98 Å². The van der Waals surface area contributed by atoms with Gasteiger partial charge in [0, 0.05) is 7.05 Å². The van der Waals surface area contributed by atoms with Crippen LogP contribution in [0.1, 0.15) is 28.9 Å². The molecule has 0 saturated heterocycles. The van der Waals surface area contributed by atoms with Crippen LogP contribution in [-0.4, -0.2) is 30.9 Å². The number of nitrogens with two attached hydrogens (primary N) is 1. The number of hydrogen-bond acceptors (Lipinski definition) is 5. The summed E-state index contributed by atoms with van der Waals surface area (Å²) in [5.41, 5.74) is 7.16. The topological polar surface area (TPSA) is 115 Å². The fraction of sp³-hybridized carbons (Fsp3) is 0.400. The highest BCUT2D eigenvalue weighted by atomic mass is 16.1. The van der Waals surface area contributed by atoms with Gasteiger partial charge in [0.05, 0.1) is 17.9 Å². The van der Waals surface area contributed by atoms with Gasteiger partial charge in [-0.2, -0.15) is 10.2 Å². The van der Waals surface area contributed by atoms with Gasteiger partial charge in [0.2, 0.25) is 0 Å². The minimum atomic E-state index is -0.337. The van der Waals surface area contributed by atoms with Crippen molar-refractivity contribution < 1.29 is 4.79 Å². The first kappa shape index (κ1) is 12.1. The molecule has 2 heterocycles. The lowest BCUT2D eigenvalue weighted by molar-refractivity contribution is 0.0945. The Labute approximate surface area is 104 Å². The lowest BCUT2D eigenvalue weighted by Gasteiger charge is -2.00. The number of H-pyrrole nitrogens is 1. The standard InChI is InChI=1S/C10H15N7O/c1-3-6-8(11)9(15-14-6)10(18)12-4-7-13-5-17(2)16-7/h5H,3-4,11H2,1-2H3,(H,12,18)(H,14,15). The third-order valence-corrected chi connectivity index (χ3v) is 2.51. The summed E-state index contributed by atoms with van der Waals surface area (Å²) in [5, 5.41) is 13.4. The fourth-order valence-electron chi connectivity index (χ4n) is 1.54. The highest BCUT2D eigenvalue weighted by molar-refractivity contribution is 5.97. The smallest absolute Gasteiger partial charge is 0.274 e. The third-order valence-electron chi connectivity index (χ3n) is 2.51. The van der Waals surface area contributed by atoms with Crippen LogP contribution in [0.25, 0.3) is 0 Å². The van der Waals surface area contributed by atoms with Crippen molar-refractivity contribution in [3.63, 3.8) is 0 Å². The van der Waals surface area contributed by atoms with E-state index < -0.39 is 0 Å². The van der Waals surface area contributed by atoms with Crippen LogP contribution in [0.5, 0.6) is 0 Å². The minimum Gasteiger partial charge on any atom is -0.395 e. The fourth-order valence-corrected chi connectivity index (χ4v) is 1.54. The number of amides is 1. The zero-order valence-corrected chi connectivity index (χ0v) is 10.3. The molecule has 0 fully saturated rings. The summed E-state index contributed by atoms with van der Waals surface area (Å²) < 4.78 is 1.57. The molecule has 0 aliphatic carbocycles. The molecule has 2 aromatic heterocycles. The van der Waals surface area contributed by atoms with Crippen LogP contribution < -0.4 is 11.1 Å². The maximum Gasteiger partial charge on any atom is 0.274 e. The van der Waals surface area contributed by atoms with Crippen LogP contribution in [0.4, 0.5) is 5.69 Å². The maximum absolute atomic E-state index is 11.8. The van der Waals surface area contributed by atoms with Crippen LogP contribution in [0.15, 0.2) is 6.33 Å². The molecule has 0 atom stereocenters. The largest absolute Gasteiger partial charge is 0.395 e. The maximum atomic E-state index is 11.8. The van der Waals surface area contributed by atoms with E-state index in [2.05, 4.69) is 25.6 Å². The van der Waals surface area contributed by atoms with Gasteiger partial charge in [-0.05, 0) is 6.42 Å². The number of anilines is 1. The van der Waals surface area contributed by atoms with Crippen LogP contribution in [0.3, 0.4) is 0 Å². The minimum absolute atomic E-state index is 0.211. The second-order valence-corrected chi connectivity index (χ2v) is 3.84. The monoisotopic (exact) mass is 249 g/mol. The first-order valence-corrected chi connectivity index (χ1v) is 5.57.